The number of amides is 1. The van der Waals surface area contributed by atoms with Gasteiger partial charge in [-0.2, -0.15) is 0 Å². The minimum absolute atomic E-state index is 0. The maximum absolute atomic E-state index is 12.7. The Morgan fingerprint density at radius 1 is 1.26 bits per heavy atom. The number of hydrogen-bond acceptors (Lipinski definition) is 3. The summed E-state index contributed by atoms with van der Waals surface area (Å²) in [7, 11) is 0. The molecule has 2 unspecified atom stereocenters. The molecular weight excluding hydrogens is 312 g/mol. The number of rotatable bonds is 5. The summed E-state index contributed by atoms with van der Waals surface area (Å²) in [4.78, 5) is 14.6. The van der Waals surface area contributed by atoms with Crippen molar-refractivity contribution in [1.29, 1.82) is 0 Å². The Balaban J connectivity index is 0.00000192. The molecule has 2 aliphatic rings. The fourth-order valence-corrected chi connectivity index (χ4v) is 3.10. The van der Waals surface area contributed by atoms with Crippen molar-refractivity contribution in [2.45, 2.75) is 38.6 Å². The molecule has 0 aromatic heterocycles. The van der Waals surface area contributed by atoms with Gasteiger partial charge in [0.15, 0.2) is 0 Å². The van der Waals surface area contributed by atoms with E-state index < -0.39 is 0 Å². The van der Waals surface area contributed by atoms with Crippen LogP contribution in [0.15, 0.2) is 24.3 Å². The predicted octanol–water partition coefficient (Wildman–Crippen LogP) is 3.10. The number of benzene rings is 1. The van der Waals surface area contributed by atoms with Crippen molar-refractivity contribution in [2.75, 3.05) is 19.7 Å². The molecular formula is C18H27ClN2O2. The summed E-state index contributed by atoms with van der Waals surface area (Å²) in [5, 5.41) is 0. The SMILES string of the molecule is CC1CCN(C(=O)c2ccc(OCC3CC3)cc2)C(CN)C1.Cl. The molecule has 1 aliphatic carbocycles. The number of hydrogen-bond donors (Lipinski definition) is 1. The predicted molar refractivity (Wildman–Crippen MR) is 94.2 cm³/mol. The number of nitrogens with two attached hydrogens (primary N) is 1. The topological polar surface area (TPSA) is 55.6 Å². The van der Waals surface area contributed by atoms with Gasteiger partial charge < -0.3 is 15.4 Å². The highest BCUT2D eigenvalue weighted by Gasteiger charge is 2.29. The fourth-order valence-electron chi connectivity index (χ4n) is 3.10. The molecule has 2 fully saturated rings. The highest BCUT2D eigenvalue weighted by atomic mass is 35.5. The van der Waals surface area contributed by atoms with Crippen LogP contribution in [0.4, 0.5) is 0 Å². The summed E-state index contributed by atoms with van der Waals surface area (Å²) in [6.45, 7) is 4.38. The van der Waals surface area contributed by atoms with Crippen LogP contribution in [-0.4, -0.2) is 36.5 Å². The van der Waals surface area contributed by atoms with E-state index in [1.807, 2.05) is 29.2 Å². The van der Waals surface area contributed by atoms with Gasteiger partial charge in [0.2, 0.25) is 0 Å². The zero-order chi connectivity index (χ0) is 15.5. The molecule has 0 bridgehead atoms. The first-order valence-corrected chi connectivity index (χ1v) is 8.41. The molecule has 1 aromatic carbocycles. The molecule has 4 nitrogen and oxygen atoms in total. The van der Waals surface area contributed by atoms with Crippen LogP contribution in [0.3, 0.4) is 0 Å². The highest BCUT2D eigenvalue weighted by Crippen LogP contribution is 2.29. The van der Waals surface area contributed by atoms with Crippen molar-refractivity contribution in [3.05, 3.63) is 29.8 Å². The molecule has 1 aliphatic heterocycles. The van der Waals surface area contributed by atoms with Gasteiger partial charge in [-0.25, -0.2) is 0 Å². The van der Waals surface area contributed by atoms with E-state index in [0.29, 0.717) is 12.5 Å². The third kappa shape index (κ3) is 4.61. The summed E-state index contributed by atoms with van der Waals surface area (Å²) in [5.41, 5.74) is 6.58. The van der Waals surface area contributed by atoms with Gasteiger partial charge in [0.1, 0.15) is 5.75 Å². The van der Waals surface area contributed by atoms with Crippen molar-refractivity contribution in [2.24, 2.45) is 17.6 Å². The first-order chi connectivity index (χ1) is 10.7. The van der Waals surface area contributed by atoms with Crippen molar-refractivity contribution < 1.29 is 9.53 Å². The Bertz CT molecular complexity index is 516. The Labute approximate surface area is 144 Å². The van der Waals surface area contributed by atoms with Gasteiger partial charge in [-0.05, 0) is 61.8 Å². The second-order valence-corrected chi connectivity index (χ2v) is 6.80. The first-order valence-electron chi connectivity index (χ1n) is 8.41. The summed E-state index contributed by atoms with van der Waals surface area (Å²) in [6.07, 6.45) is 4.63. The zero-order valence-corrected chi connectivity index (χ0v) is 14.6. The maximum Gasteiger partial charge on any atom is 0.254 e. The highest BCUT2D eigenvalue weighted by molar-refractivity contribution is 5.94. The first kappa shape index (κ1) is 18.1. The lowest BCUT2D eigenvalue weighted by atomic mass is 9.92. The molecule has 23 heavy (non-hydrogen) atoms. The summed E-state index contributed by atoms with van der Waals surface area (Å²) < 4.78 is 5.72. The van der Waals surface area contributed by atoms with Crippen LogP contribution in [0.5, 0.6) is 5.75 Å². The number of carbonyl (C=O) groups is 1. The molecule has 3 rings (SSSR count). The molecule has 1 amide bonds. The monoisotopic (exact) mass is 338 g/mol. The molecule has 0 spiro atoms. The molecule has 128 valence electrons. The number of ether oxygens (including phenoxy) is 1. The van der Waals surface area contributed by atoms with E-state index >= 15 is 0 Å². The molecule has 1 saturated carbocycles. The summed E-state index contributed by atoms with van der Waals surface area (Å²) in [6, 6.07) is 7.72. The van der Waals surface area contributed by atoms with Crippen LogP contribution in [0.2, 0.25) is 0 Å². The van der Waals surface area contributed by atoms with Crippen LogP contribution in [0.25, 0.3) is 0 Å². The van der Waals surface area contributed by atoms with E-state index in [2.05, 4.69) is 6.92 Å². The van der Waals surface area contributed by atoms with E-state index in [0.717, 1.165) is 43.2 Å². The average molecular weight is 339 g/mol. The van der Waals surface area contributed by atoms with Crippen molar-refractivity contribution in [3.63, 3.8) is 0 Å². The Morgan fingerprint density at radius 3 is 2.57 bits per heavy atom. The molecule has 0 radical (unpaired) electrons. The van der Waals surface area contributed by atoms with Crippen molar-refractivity contribution in [1.82, 2.24) is 4.90 Å². The standard InChI is InChI=1S/C18H26N2O2.ClH/c1-13-8-9-20(16(10-13)11-19)18(21)15-4-6-17(7-5-15)22-12-14-2-3-14;/h4-7,13-14,16H,2-3,8-12,19H2,1H3;1H. The average Bonchev–Trinajstić information content (AvgIpc) is 3.37. The Hall–Kier alpha value is -1.26. The second-order valence-electron chi connectivity index (χ2n) is 6.80. The third-order valence-corrected chi connectivity index (χ3v) is 4.79. The lowest BCUT2D eigenvalue weighted by Crippen LogP contribution is -2.49. The van der Waals surface area contributed by atoms with Gasteiger partial charge in [0.05, 0.1) is 6.61 Å². The smallest absolute Gasteiger partial charge is 0.254 e. The quantitative estimate of drug-likeness (QED) is 0.897. The molecule has 1 heterocycles. The summed E-state index contributed by atoms with van der Waals surface area (Å²) in [5.74, 6) is 2.33. The minimum atomic E-state index is 0. The lowest BCUT2D eigenvalue weighted by Gasteiger charge is -2.38. The molecule has 1 saturated heterocycles. The van der Waals surface area contributed by atoms with Gasteiger partial charge in [-0.3, -0.25) is 4.79 Å². The van der Waals surface area contributed by atoms with E-state index in [9.17, 15) is 4.79 Å². The number of nitrogens with zero attached hydrogens (tertiary/aromatic N) is 1. The van der Waals surface area contributed by atoms with E-state index in [-0.39, 0.29) is 24.4 Å². The lowest BCUT2D eigenvalue weighted by molar-refractivity contribution is 0.0573. The summed E-state index contributed by atoms with van der Waals surface area (Å²) >= 11 is 0. The largest absolute Gasteiger partial charge is 0.493 e. The Morgan fingerprint density at radius 2 is 1.96 bits per heavy atom. The van der Waals surface area contributed by atoms with Crippen LogP contribution in [0, 0.1) is 11.8 Å². The number of piperidine rings is 1. The van der Waals surface area contributed by atoms with Gasteiger partial charge in [-0.1, -0.05) is 6.92 Å². The number of carbonyl (C=O) groups excluding carboxylic acids is 1. The zero-order valence-electron chi connectivity index (χ0n) is 13.7. The van der Waals surface area contributed by atoms with Crippen LogP contribution >= 0.6 is 12.4 Å². The van der Waals surface area contributed by atoms with E-state index in [1.54, 1.807) is 0 Å². The van der Waals surface area contributed by atoms with Crippen molar-refractivity contribution >= 4 is 18.3 Å². The van der Waals surface area contributed by atoms with Gasteiger partial charge in [0.25, 0.3) is 5.91 Å². The van der Waals surface area contributed by atoms with Crippen molar-refractivity contribution in [3.8, 4) is 5.75 Å². The van der Waals surface area contributed by atoms with E-state index in [1.165, 1.54) is 12.8 Å². The molecule has 1 aromatic rings. The van der Waals surface area contributed by atoms with Gasteiger partial charge in [0, 0.05) is 24.7 Å². The second kappa shape index (κ2) is 8.02. The van der Waals surface area contributed by atoms with Gasteiger partial charge in [-0.15, -0.1) is 12.4 Å². The molecule has 2 atom stereocenters. The van der Waals surface area contributed by atoms with Crippen LogP contribution in [-0.2, 0) is 0 Å². The molecule has 5 heteroatoms. The number of halogens is 1. The third-order valence-electron chi connectivity index (χ3n) is 4.79. The molecule has 2 N–H and O–H groups in total. The van der Waals surface area contributed by atoms with Gasteiger partial charge >= 0.3 is 0 Å². The maximum atomic E-state index is 12.7. The number of likely N-dealkylation sites (tertiary alicyclic amines) is 1. The van der Waals surface area contributed by atoms with Crippen LogP contribution in [0.1, 0.15) is 43.0 Å². The fraction of sp³-hybridized carbons (Fsp3) is 0.611. The van der Waals surface area contributed by atoms with E-state index in [4.69, 9.17) is 10.5 Å². The Kier molecular flexibility index (Phi) is 6.31. The van der Waals surface area contributed by atoms with Crippen LogP contribution < -0.4 is 10.5 Å². The minimum Gasteiger partial charge on any atom is -0.493 e. The normalized spacial score (nSPS) is 24.0.